The van der Waals surface area contributed by atoms with Crippen LogP contribution >= 0.6 is 0 Å². The topological polar surface area (TPSA) is 70.1 Å². The Bertz CT molecular complexity index is 795. The fourth-order valence-electron chi connectivity index (χ4n) is 2.98. The normalized spacial score (nSPS) is 14.6. The highest BCUT2D eigenvalue weighted by atomic mass is 19.1. The molecule has 0 saturated carbocycles. The van der Waals surface area contributed by atoms with Gasteiger partial charge in [0.15, 0.2) is 0 Å². The fraction of sp³-hybridized carbons (Fsp3) is 0.263. The van der Waals surface area contributed by atoms with E-state index in [9.17, 15) is 9.18 Å². The van der Waals surface area contributed by atoms with Crippen LogP contribution in [0.15, 0.2) is 42.5 Å². The quantitative estimate of drug-likeness (QED) is 0.943. The summed E-state index contributed by atoms with van der Waals surface area (Å²) >= 11 is 0. The molecule has 0 radical (unpaired) electrons. The predicted octanol–water partition coefficient (Wildman–Crippen LogP) is 2.42. The standard InChI is InChI=1S/C19H18FN3O/c20-17-5-3-14(4-6-17)19(24)23-8-7-15-9-13(10-18(22)11-21)1-2-16(15)12-23/h1-6,9,18H,7-8,10,12,22H2/t18-/m0/s1. The summed E-state index contributed by atoms with van der Waals surface area (Å²) in [6.07, 6.45) is 1.29. The highest BCUT2D eigenvalue weighted by Crippen LogP contribution is 2.22. The lowest BCUT2D eigenvalue weighted by atomic mass is 9.95. The SMILES string of the molecule is N#C[C@@H](N)Cc1ccc2c(c1)CCN(C(=O)c1ccc(F)cc1)C2. The third-order valence-electron chi connectivity index (χ3n) is 4.28. The van der Waals surface area contributed by atoms with E-state index >= 15 is 0 Å². The number of hydrogen-bond donors (Lipinski definition) is 1. The van der Waals surface area contributed by atoms with Crippen LogP contribution in [-0.2, 0) is 19.4 Å². The molecule has 0 aromatic heterocycles. The number of amides is 1. The maximum absolute atomic E-state index is 13.0. The number of carbonyl (C=O) groups is 1. The summed E-state index contributed by atoms with van der Waals surface area (Å²) in [6.45, 7) is 1.16. The number of benzene rings is 2. The Kier molecular flexibility index (Phi) is 4.59. The van der Waals surface area contributed by atoms with Crippen LogP contribution in [0.5, 0.6) is 0 Å². The van der Waals surface area contributed by atoms with Crippen LogP contribution in [0.3, 0.4) is 0 Å². The van der Waals surface area contributed by atoms with Gasteiger partial charge in [-0.2, -0.15) is 5.26 Å². The van der Waals surface area contributed by atoms with Gasteiger partial charge in [0, 0.05) is 25.1 Å². The zero-order valence-electron chi connectivity index (χ0n) is 13.2. The third kappa shape index (κ3) is 3.44. The molecular weight excluding hydrogens is 305 g/mol. The Balaban J connectivity index is 1.74. The van der Waals surface area contributed by atoms with E-state index < -0.39 is 6.04 Å². The van der Waals surface area contributed by atoms with Gasteiger partial charge in [-0.05, 0) is 47.4 Å². The number of halogens is 1. The molecule has 5 heteroatoms. The molecule has 0 spiro atoms. The van der Waals surface area contributed by atoms with Crippen LogP contribution in [0.4, 0.5) is 4.39 Å². The molecule has 1 atom stereocenters. The lowest BCUT2D eigenvalue weighted by Gasteiger charge is -2.29. The van der Waals surface area contributed by atoms with Gasteiger partial charge in [0.05, 0.1) is 12.1 Å². The molecule has 0 fully saturated rings. The average Bonchev–Trinajstić information content (AvgIpc) is 2.61. The van der Waals surface area contributed by atoms with Crippen LogP contribution in [0.1, 0.15) is 27.0 Å². The molecule has 3 rings (SSSR count). The van der Waals surface area contributed by atoms with Crippen molar-refractivity contribution in [3.8, 4) is 6.07 Å². The van der Waals surface area contributed by atoms with Gasteiger partial charge in [-0.15, -0.1) is 0 Å². The predicted molar refractivity (Wildman–Crippen MR) is 88.6 cm³/mol. The van der Waals surface area contributed by atoms with E-state index in [0.29, 0.717) is 25.1 Å². The minimum absolute atomic E-state index is 0.0868. The molecule has 1 amide bonds. The number of fused-ring (bicyclic) bond motifs is 1. The van der Waals surface area contributed by atoms with E-state index in [0.717, 1.165) is 17.5 Å². The van der Waals surface area contributed by atoms with Crippen LogP contribution in [0.2, 0.25) is 0 Å². The zero-order valence-corrected chi connectivity index (χ0v) is 13.2. The molecule has 0 unspecified atom stereocenters. The van der Waals surface area contributed by atoms with Crippen molar-refractivity contribution in [2.24, 2.45) is 5.73 Å². The van der Waals surface area contributed by atoms with Crippen molar-refractivity contribution in [2.75, 3.05) is 6.54 Å². The highest BCUT2D eigenvalue weighted by Gasteiger charge is 2.22. The molecule has 0 saturated heterocycles. The van der Waals surface area contributed by atoms with Gasteiger partial charge in [-0.1, -0.05) is 18.2 Å². The molecule has 2 N–H and O–H groups in total. The molecule has 2 aromatic rings. The van der Waals surface area contributed by atoms with E-state index in [1.807, 2.05) is 18.2 Å². The van der Waals surface area contributed by atoms with Crippen molar-refractivity contribution in [3.63, 3.8) is 0 Å². The van der Waals surface area contributed by atoms with Crippen molar-refractivity contribution in [1.82, 2.24) is 4.90 Å². The van der Waals surface area contributed by atoms with Gasteiger partial charge in [0.25, 0.3) is 5.91 Å². The van der Waals surface area contributed by atoms with Crippen molar-refractivity contribution in [2.45, 2.75) is 25.4 Å². The van der Waals surface area contributed by atoms with E-state index in [-0.39, 0.29) is 11.7 Å². The maximum atomic E-state index is 13.0. The summed E-state index contributed by atoms with van der Waals surface area (Å²) in [5, 5.41) is 8.81. The number of nitrogens with two attached hydrogens (primary N) is 1. The molecular formula is C19H18FN3O. The minimum atomic E-state index is -0.497. The molecule has 4 nitrogen and oxygen atoms in total. The summed E-state index contributed by atoms with van der Waals surface area (Å²) in [5.41, 5.74) is 9.51. The summed E-state index contributed by atoms with van der Waals surface area (Å²) < 4.78 is 13.0. The fourth-order valence-corrected chi connectivity index (χ4v) is 2.98. The lowest BCUT2D eigenvalue weighted by Crippen LogP contribution is -2.36. The molecule has 24 heavy (non-hydrogen) atoms. The van der Waals surface area contributed by atoms with Gasteiger partial charge in [0.2, 0.25) is 0 Å². The maximum Gasteiger partial charge on any atom is 0.254 e. The van der Waals surface area contributed by atoms with Crippen LogP contribution in [0.25, 0.3) is 0 Å². The van der Waals surface area contributed by atoms with E-state index in [1.165, 1.54) is 29.8 Å². The van der Waals surface area contributed by atoms with Crippen LogP contribution in [0, 0.1) is 17.1 Å². The smallest absolute Gasteiger partial charge is 0.254 e. The van der Waals surface area contributed by atoms with Gasteiger partial charge < -0.3 is 10.6 Å². The van der Waals surface area contributed by atoms with E-state index in [4.69, 9.17) is 11.0 Å². The Morgan fingerprint density at radius 3 is 2.71 bits per heavy atom. The second-order valence-electron chi connectivity index (χ2n) is 6.03. The van der Waals surface area contributed by atoms with Crippen LogP contribution < -0.4 is 5.73 Å². The van der Waals surface area contributed by atoms with Crippen molar-refractivity contribution >= 4 is 5.91 Å². The first-order chi connectivity index (χ1) is 11.6. The minimum Gasteiger partial charge on any atom is -0.334 e. The number of nitrogens with zero attached hydrogens (tertiary/aromatic N) is 2. The lowest BCUT2D eigenvalue weighted by molar-refractivity contribution is 0.0734. The van der Waals surface area contributed by atoms with Crippen molar-refractivity contribution < 1.29 is 9.18 Å². The Morgan fingerprint density at radius 2 is 2.00 bits per heavy atom. The molecule has 1 aliphatic heterocycles. The Labute approximate surface area is 140 Å². The largest absolute Gasteiger partial charge is 0.334 e. The molecule has 1 aliphatic rings. The van der Waals surface area contributed by atoms with E-state index in [1.54, 1.807) is 4.90 Å². The van der Waals surface area contributed by atoms with Gasteiger partial charge in [-0.3, -0.25) is 4.79 Å². The second kappa shape index (κ2) is 6.81. The molecule has 2 aromatic carbocycles. The monoisotopic (exact) mass is 323 g/mol. The third-order valence-corrected chi connectivity index (χ3v) is 4.28. The first-order valence-corrected chi connectivity index (χ1v) is 7.87. The molecule has 1 heterocycles. The highest BCUT2D eigenvalue weighted by molar-refractivity contribution is 5.94. The average molecular weight is 323 g/mol. The zero-order chi connectivity index (χ0) is 17.1. The molecule has 0 aliphatic carbocycles. The van der Waals surface area contributed by atoms with Crippen molar-refractivity contribution in [3.05, 3.63) is 70.5 Å². The Morgan fingerprint density at radius 1 is 1.25 bits per heavy atom. The van der Waals surface area contributed by atoms with Gasteiger partial charge >= 0.3 is 0 Å². The summed E-state index contributed by atoms with van der Waals surface area (Å²) in [6, 6.07) is 13.2. The first-order valence-electron chi connectivity index (χ1n) is 7.87. The van der Waals surface area contributed by atoms with Crippen LogP contribution in [-0.4, -0.2) is 23.4 Å². The summed E-state index contributed by atoms with van der Waals surface area (Å²) in [5.74, 6) is -0.435. The summed E-state index contributed by atoms with van der Waals surface area (Å²) in [7, 11) is 0. The molecule has 122 valence electrons. The molecule has 0 bridgehead atoms. The second-order valence-corrected chi connectivity index (χ2v) is 6.03. The number of carbonyl (C=O) groups excluding carboxylic acids is 1. The van der Waals surface area contributed by atoms with E-state index in [2.05, 4.69) is 6.07 Å². The number of rotatable bonds is 3. The van der Waals surface area contributed by atoms with Crippen molar-refractivity contribution in [1.29, 1.82) is 5.26 Å². The number of hydrogen-bond acceptors (Lipinski definition) is 3. The first kappa shape index (κ1) is 16.2. The van der Waals surface area contributed by atoms with Gasteiger partial charge in [-0.25, -0.2) is 4.39 Å². The Hall–Kier alpha value is -2.71. The van der Waals surface area contributed by atoms with Gasteiger partial charge in [0.1, 0.15) is 5.82 Å². The summed E-state index contributed by atoms with van der Waals surface area (Å²) in [4.78, 5) is 14.3. The number of nitriles is 1.